The topological polar surface area (TPSA) is 65.8 Å². The van der Waals surface area contributed by atoms with E-state index in [1.54, 1.807) is 42.5 Å². The van der Waals surface area contributed by atoms with Gasteiger partial charge in [0.15, 0.2) is 0 Å². The first-order valence-corrected chi connectivity index (χ1v) is 13.2. The minimum absolute atomic E-state index is 0.200. The van der Waals surface area contributed by atoms with Crippen molar-refractivity contribution in [1.82, 2.24) is 4.90 Å². The summed E-state index contributed by atoms with van der Waals surface area (Å²) in [6, 6.07) is 14.1. The molecule has 3 aromatic rings. The Morgan fingerprint density at radius 1 is 0.973 bits per heavy atom. The van der Waals surface area contributed by atoms with Gasteiger partial charge in [-0.25, -0.2) is 0 Å². The zero-order chi connectivity index (χ0) is 26.5. The van der Waals surface area contributed by atoms with E-state index in [9.17, 15) is 9.59 Å². The number of amides is 2. The van der Waals surface area contributed by atoms with E-state index in [4.69, 9.17) is 39.2 Å². The highest BCUT2D eigenvalue weighted by molar-refractivity contribution is 6.35. The Hall–Kier alpha value is -2.93. The predicted molar refractivity (Wildman–Crippen MR) is 152 cm³/mol. The maximum atomic E-state index is 12.5. The van der Waals surface area contributed by atoms with E-state index < -0.39 is 0 Å². The van der Waals surface area contributed by atoms with Crippen LogP contribution in [0.15, 0.2) is 59.0 Å². The number of anilines is 2. The van der Waals surface area contributed by atoms with E-state index in [0.717, 1.165) is 11.3 Å². The molecule has 1 aliphatic rings. The Balaban J connectivity index is 1.33. The molecule has 0 radical (unpaired) electrons. The molecule has 1 fully saturated rings. The molecule has 4 rings (SSSR count). The predicted octanol–water partition coefficient (Wildman–Crippen LogP) is 7.25. The molecular weight excluding hydrogens is 533 g/mol. The Morgan fingerprint density at radius 2 is 1.68 bits per heavy atom. The zero-order valence-electron chi connectivity index (χ0n) is 20.6. The molecule has 2 aromatic carbocycles. The molecule has 1 saturated heterocycles. The summed E-state index contributed by atoms with van der Waals surface area (Å²) in [6.07, 6.45) is 3.55. The van der Waals surface area contributed by atoms with E-state index in [2.05, 4.69) is 24.1 Å². The summed E-state index contributed by atoms with van der Waals surface area (Å²) in [7, 11) is 0. The van der Waals surface area contributed by atoms with Gasteiger partial charge in [0.05, 0.1) is 10.7 Å². The number of hydrogen-bond donors (Lipinski definition) is 1. The van der Waals surface area contributed by atoms with Crippen molar-refractivity contribution in [1.29, 1.82) is 0 Å². The molecule has 37 heavy (non-hydrogen) atoms. The van der Waals surface area contributed by atoms with Gasteiger partial charge in [-0.15, -0.1) is 0 Å². The van der Waals surface area contributed by atoms with Crippen LogP contribution in [0.5, 0.6) is 0 Å². The Morgan fingerprint density at radius 3 is 2.32 bits per heavy atom. The van der Waals surface area contributed by atoms with Crippen molar-refractivity contribution < 1.29 is 14.0 Å². The van der Waals surface area contributed by atoms with Gasteiger partial charge >= 0.3 is 0 Å². The maximum absolute atomic E-state index is 12.5. The molecule has 2 amide bonds. The van der Waals surface area contributed by atoms with Crippen LogP contribution < -0.4 is 10.2 Å². The van der Waals surface area contributed by atoms with Crippen molar-refractivity contribution in [2.45, 2.75) is 20.3 Å². The molecule has 0 bridgehead atoms. The number of nitrogens with one attached hydrogen (secondary N) is 1. The average molecular weight is 561 g/mol. The first kappa shape index (κ1) is 27.1. The van der Waals surface area contributed by atoms with Crippen LogP contribution in [0.2, 0.25) is 15.1 Å². The lowest BCUT2D eigenvalue weighted by Crippen LogP contribution is -2.49. The zero-order valence-corrected chi connectivity index (χ0v) is 22.9. The van der Waals surface area contributed by atoms with Crippen molar-refractivity contribution >= 4 is 64.1 Å². The normalized spacial score (nSPS) is 14.0. The number of furan rings is 1. The number of carbonyl (C=O) groups is 2. The summed E-state index contributed by atoms with van der Waals surface area (Å²) in [5.41, 5.74) is 2.22. The van der Waals surface area contributed by atoms with Gasteiger partial charge in [-0.05, 0) is 60.5 Å². The number of benzene rings is 2. The third-order valence-electron chi connectivity index (χ3n) is 5.94. The van der Waals surface area contributed by atoms with Gasteiger partial charge in [0.2, 0.25) is 11.8 Å². The summed E-state index contributed by atoms with van der Waals surface area (Å²) in [6.45, 7) is 6.87. The van der Waals surface area contributed by atoms with Crippen LogP contribution >= 0.6 is 34.8 Å². The molecule has 2 heterocycles. The standard InChI is InChI=1S/C28H28Cl3N3O3/c1-18(2)13-28(36)34-11-9-33(10-12-34)25-6-3-22(17-24(25)31)32-27(35)8-5-23-4-7-26(37-23)19-14-20(29)16-21(30)15-19/h3-8,14-18H,9-13H2,1-2H3,(H,32,35)/b8-5+. The summed E-state index contributed by atoms with van der Waals surface area (Å²) < 4.78 is 5.79. The van der Waals surface area contributed by atoms with Crippen molar-refractivity contribution in [2.75, 3.05) is 36.4 Å². The SMILES string of the molecule is CC(C)CC(=O)N1CCN(c2ccc(NC(=O)/C=C/c3ccc(-c4cc(Cl)cc(Cl)c4)o3)cc2Cl)CC1. The number of piperazine rings is 1. The van der Waals surface area contributed by atoms with Crippen LogP contribution in [0.25, 0.3) is 17.4 Å². The molecule has 0 spiro atoms. The molecule has 0 unspecified atom stereocenters. The second kappa shape index (κ2) is 12.1. The Kier molecular flexibility index (Phi) is 8.85. The fourth-order valence-electron chi connectivity index (χ4n) is 4.15. The van der Waals surface area contributed by atoms with Gasteiger partial charge in [0.25, 0.3) is 0 Å². The first-order valence-electron chi connectivity index (χ1n) is 12.1. The van der Waals surface area contributed by atoms with E-state index >= 15 is 0 Å². The second-order valence-electron chi connectivity index (χ2n) is 9.31. The number of carbonyl (C=O) groups excluding carboxylic acids is 2. The lowest BCUT2D eigenvalue weighted by atomic mass is 10.1. The molecule has 1 aliphatic heterocycles. The number of nitrogens with zero attached hydrogens (tertiary/aromatic N) is 2. The molecule has 1 N–H and O–H groups in total. The van der Waals surface area contributed by atoms with E-state index in [0.29, 0.717) is 70.8 Å². The third-order valence-corrected chi connectivity index (χ3v) is 6.68. The van der Waals surface area contributed by atoms with Gasteiger partial charge in [-0.3, -0.25) is 9.59 Å². The fraction of sp³-hybridized carbons (Fsp3) is 0.286. The number of hydrogen-bond acceptors (Lipinski definition) is 4. The molecule has 1 aromatic heterocycles. The van der Waals surface area contributed by atoms with Crippen molar-refractivity contribution in [3.8, 4) is 11.3 Å². The monoisotopic (exact) mass is 559 g/mol. The van der Waals surface area contributed by atoms with Crippen molar-refractivity contribution in [2.24, 2.45) is 5.92 Å². The molecule has 0 atom stereocenters. The summed E-state index contributed by atoms with van der Waals surface area (Å²) in [5, 5.41) is 4.39. The number of rotatable bonds is 7. The van der Waals surface area contributed by atoms with E-state index in [1.165, 1.54) is 6.08 Å². The van der Waals surface area contributed by atoms with Crippen LogP contribution in [0.4, 0.5) is 11.4 Å². The van der Waals surface area contributed by atoms with Gasteiger partial charge in [0, 0.05) is 60.0 Å². The molecule has 9 heteroatoms. The maximum Gasteiger partial charge on any atom is 0.248 e. The fourth-order valence-corrected chi connectivity index (χ4v) is 4.98. The Bertz CT molecular complexity index is 1290. The van der Waals surface area contributed by atoms with Crippen molar-refractivity contribution in [3.05, 3.63) is 75.4 Å². The lowest BCUT2D eigenvalue weighted by Gasteiger charge is -2.36. The summed E-state index contributed by atoms with van der Waals surface area (Å²) in [5.74, 6) is 1.34. The average Bonchev–Trinajstić information content (AvgIpc) is 3.31. The molecule has 6 nitrogen and oxygen atoms in total. The van der Waals surface area contributed by atoms with Crippen molar-refractivity contribution in [3.63, 3.8) is 0 Å². The smallest absolute Gasteiger partial charge is 0.248 e. The van der Waals surface area contributed by atoms with Crippen LogP contribution in [0.1, 0.15) is 26.0 Å². The van der Waals surface area contributed by atoms with E-state index in [-0.39, 0.29) is 11.8 Å². The van der Waals surface area contributed by atoms with Gasteiger partial charge in [-0.1, -0.05) is 48.7 Å². The lowest BCUT2D eigenvalue weighted by molar-refractivity contribution is -0.132. The highest BCUT2D eigenvalue weighted by atomic mass is 35.5. The largest absolute Gasteiger partial charge is 0.457 e. The molecule has 194 valence electrons. The third kappa shape index (κ3) is 7.31. The van der Waals surface area contributed by atoms with Crippen LogP contribution in [-0.2, 0) is 9.59 Å². The first-order chi connectivity index (χ1) is 17.7. The van der Waals surface area contributed by atoms with Crippen LogP contribution in [0, 0.1) is 5.92 Å². The summed E-state index contributed by atoms with van der Waals surface area (Å²) >= 11 is 18.7. The van der Waals surface area contributed by atoms with Gasteiger partial charge < -0.3 is 19.5 Å². The quantitative estimate of drug-likeness (QED) is 0.309. The molecule has 0 saturated carbocycles. The van der Waals surface area contributed by atoms with Crippen LogP contribution in [0.3, 0.4) is 0 Å². The number of halogens is 3. The molecular formula is C28H28Cl3N3O3. The van der Waals surface area contributed by atoms with E-state index in [1.807, 2.05) is 17.0 Å². The van der Waals surface area contributed by atoms with Gasteiger partial charge in [0.1, 0.15) is 11.5 Å². The van der Waals surface area contributed by atoms with Gasteiger partial charge in [-0.2, -0.15) is 0 Å². The summed E-state index contributed by atoms with van der Waals surface area (Å²) in [4.78, 5) is 28.9. The molecule has 0 aliphatic carbocycles. The Labute approximate surface area is 231 Å². The minimum Gasteiger partial charge on any atom is -0.457 e. The van der Waals surface area contributed by atoms with Crippen LogP contribution in [-0.4, -0.2) is 42.9 Å². The minimum atomic E-state index is -0.315. The highest BCUT2D eigenvalue weighted by Gasteiger charge is 2.23. The second-order valence-corrected chi connectivity index (χ2v) is 10.6. The highest BCUT2D eigenvalue weighted by Crippen LogP contribution is 2.31.